The van der Waals surface area contributed by atoms with Crippen molar-refractivity contribution >= 4 is 11.6 Å². The highest BCUT2D eigenvalue weighted by Crippen LogP contribution is 2.32. The van der Waals surface area contributed by atoms with Gasteiger partial charge in [0.25, 0.3) is 0 Å². The minimum atomic E-state index is 0.386. The van der Waals surface area contributed by atoms with Gasteiger partial charge in [-0.2, -0.15) is 0 Å². The minimum absolute atomic E-state index is 0.386. The second-order valence-electron chi connectivity index (χ2n) is 5.74. The summed E-state index contributed by atoms with van der Waals surface area (Å²) in [5, 5.41) is 6.94. The number of ether oxygens (including phenoxy) is 1. The highest BCUT2D eigenvalue weighted by Gasteiger charge is 2.30. The fourth-order valence-electron chi connectivity index (χ4n) is 2.51. The molecule has 5 heteroatoms. The number of hydrogen-bond acceptors (Lipinski definition) is 5. The molecule has 5 nitrogen and oxygen atoms in total. The molecule has 1 aromatic rings. The first-order valence-corrected chi connectivity index (χ1v) is 7.53. The summed E-state index contributed by atoms with van der Waals surface area (Å²) in [7, 11) is 1.78. The first kappa shape index (κ1) is 15.0. The zero-order chi connectivity index (χ0) is 14.5. The lowest BCUT2D eigenvalue weighted by molar-refractivity contribution is 0.0327. The molecule has 0 spiro atoms. The number of aromatic nitrogens is 2. The van der Waals surface area contributed by atoms with E-state index in [0.717, 1.165) is 37.4 Å². The van der Waals surface area contributed by atoms with Crippen LogP contribution in [-0.2, 0) is 4.74 Å². The molecule has 0 aliphatic heterocycles. The molecule has 0 saturated heterocycles. The lowest BCUT2D eigenvalue weighted by atomic mass is 9.89. The van der Waals surface area contributed by atoms with Gasteiger partial charge in [0.15, 0.2) is 0 Å². The zero-order valence-corrected chi connectivity index (χ0v) is 12.9. The predicted molar refractivity (Wildman–Crippen MR) is 82.3 cm³/mol. The van der Waals surface area contributed by atoms with Gasteiger partial charge in [0.05, 0.1) is 6.10 Å². The molecule has 1 heterocycles. The summed E-state index contributed by atoms with van der Waals surface area (Å²) in [5.41, 5.74) is 1.18. The maximum absolute atomic E-state index is 5.32. The van der Waals surface area contributed by atoms with Crippen LogP contribution in [0, 0.1) is 0 Å². The maximum atomic E-state index is 5.32. The summed E-state index contributed by atoms with van der Waals surface area (Å²) in [6, 6.07) is 0.464. The fourth-order valence-corrected chi connectivity index (χ4v) is 2.51. The van der Waals surface area contributed by atoms with Gasteiger partial charge < -0.3 is 15.4 Å². The second-order valence-corrected chi connectivity index (χ2v) is 5.74. The normalized spacial score (nSPS) is 21.6. The summed E-state index contributed by atoms with van der Waals surface area (Å²) < 4.78 is 5.32. The molecule has 2 N–H and O–H groups in total. The van der Waals surface area contributed by atoms with Crippen molar-refractivity contribution in [2.24, 2.45) is 0 Å². The first-order valence-electron chi connectivity index (χ1n) is 7.53. The zero-order valence-electron chi connectivity index (χ0n) is 12.9. The van der Waals surface area contributed by atoms with Crippen molar-refractivity contribution in [1.82, 2.24) is 9.97 Å². The number of nitrogens with zero attached hydrogens (tertiary/aromatic N) is 2. The Labute approximate surface area is 121 Å². The van der Waals surface area contributed by atoms with E-state index in [4.69, 9.17) is 4.74 Å². The molecule has 1 aromatic heterocycles. The Bertz CT molecular complexity index is 430. The van der Waals surface area contributed by atoms with Gasteiger partial charge in [-0.15, -0.1) is 0 Å². The van der Waals surface area contributed by atoms with Crippen LogP contribution in [0.5, 0.6) is 0 Å². The van der Waals surface area contributed by atoms with Crippen LogP contribution in [0.3, 0.4) is 0 Å². The van der Waals surface area contributed by atoms with Gasteiger partial charge in [0, 0.05) is 25.3 Å². The van der Waals surface area contributed by atoms with E-state index in [1.165, 1.54) is 5.56 Å². The monoisotopic (exact) mass is 278 g/mol. The van der Waals surface area contributed by atoms with Gasteiger partial charge in [0.2, 0.25) is 0 Å². The Morgan fingerprint density at radius 3 is 2.60 bits per heavy atom. The summed E-state index contributed by atoms with van der Waals surface area (Å²) in [6.07, 6.45) is 5.22. The van der Waals surface area contributed by atoms with Crippen molar-refractivity contribution in [2.75, 3.05) is 24.3 Å². The average Bonchev–Trinajstić information content (AvgIpc) is 2.39. The molecule has 0 radical (unpaired) electrons. The molecule has 0 amide bonds. The molecule has 1 fully saturated rings. The SMILES string of the molecule is CCCNc1ncnc(NC2CC(OC)C2)c1C(C)C. The molecule has 2 rings (SSSR count). The van der Waals surface area contributed by atoms with Crippen LogP contribution in [0.15, 0.2) is 6.33 Å². The molecule has 1 aliphatic carbocycles. The standard InChI is InChI=1S/C15H26N4O/c1-5-6-16-14-13(10(2)3)15(18-9-17-14)19-11-7-12(8-11)20-4/h9-12H,5-8H2,1-4H3,(H2,16,17,18,19). The molecule has 0 unspecified atom stereocenters. The third kappa shape index (κ3) is 3.39. The van der Waals surface area contributed by atoms with Crippen LogP contribution >= 0.6 is 0 Å². The molecule has 1 aliphatic rings. The van der Waals surface area contributed by atoms with Crippen LogP contribution in [0.1, 0.15) is 51.5 Å². The first-order chi connectivity index (χ1) is 9.65. The third-order valence-corrected chi connectivity index (χ3v) is 3.77. The number of methoxy groups -OCH3 is 1. The van der Waals surface area contributed by atoms with E-state index >= 15 is 0 Å². The van der Waals surface area contributed by atoms with E-state index in [1.54, 1.807) is 13.4 Å². The highest BCUT2D eigenvalue weighted by atomic mass is 16.5. The van der Waals surface area contributed by atoms with Gasteiger partial charge in [-0.3, -0.25) is 0 Å². The lowest BCUT2D eigenvalue weighted by Crippen LogP contribution is -2.40. The molecular formula is C15H26N4O. The van der Waals surface area contributed by atoms with Crippen molar-refractivity contribution in [3.8, 4) is 0 Å². The topological polar surface area (TPSA) is 59.1 Å². The molecule has 20 heavy (non-hydrogen) atoms. The van der Waals surface area contributed by atoms with Crippen LogP contribution in [0.4, 0.5) is 11.6 Å². The number of nitrogens with one attached hydrogen (secondary N) is 2. The number of rotatable bonds is 7. The fraction of sp³-hybridized carbons (Fsp3) is 0.733. The van der Waals surface area contributed by atoms with Gasteiger partial charge in [-0.05, 0) is 25.2 Å². The molecule has 1 saturated carbocycles. The Hall–Kier alpha value is -1.36. The van der Waals surface area contributed by atoms with Crippen molar-refractivity contribution in [2.45, 2.75) is 58.1 Å². The van der Waals surface area contributed by atoms with E-state index in [2.05, 4.69) is 41.4 Å². The summed E-state index contributed by atoms with van der Waals surface area (Å²) >= 11 is 0. The highest BCUT2D eigenvalue weighted by molar-refractivity contribution is 5.59. The van der Waals surface area contributed by atoms with E-state index in [0.29, 0.717) is 18.1 Å². The largest absolute Gasteiger partial charge is 0.381 e. The Kier molecular flexibility index (Phi) is 5.17. The third-order valence-electron chi connectivity index (χ3n) is 3.77. The summed E-state index contributed by atoms with van der Waals surface area (Å²) in [5.74, 6) is 2.31. The number of hydrogen-bond donors (Lipinski definition) is 2. The Morgan fingerprint density at radius 1 is 1.30 bits per heavy atom. The van der Waals surface area contributed by atoms with Crippen LogP contribution in [0.2, 0.25) is 0 Å². The van der Waals surface area contributed by atoms with Gasteiger partial charge in [-0.25, -0.2) is 9.97 Å². The quantitative estimate of drug-likeness (QED) is 0.803. The van der Waals surface area contributed by atoms with Crippen LogP contribution in [-0.4, -0.2) is 35.8 Å². The Balaban J connectivity index is 2.11. The van der Waals surface area contributed by atoms with Gasteiger partial charge in [-0.1, -0.05) is 20.8 Å². The van der Waals surface area contributed by atoms with Crippen molar-refractivity contribution < 1.29 is 4.74 Å². The minimum Gasteiger partial charge on any atom is -0.381 e. The molecule has 0 aromatic carbocycles. The molecule has 0 bridgehead atoms. The van der Waals surface area contributed by atoms with Crippen molar-refractivity contribution in [3.63, 3.8) is 0 Å². The smallest absolute Gasteiger partial charge is 0.135 e. The van der Waals surface area contributed by atoms with E-state index in [-0.39, 0.29) is 0 Å². The van der Waals surface area contributed by atoms with Gasteiger partial charge >= 0.3 is 0 Å². The van der Waals surface area contributed by atoms with Crippen molar-refractivity contribution in [3.05, 3.63) is 11.9 Å². The second kappa shape index (κ2) is 6.88. The van der Waals surface area contributed by atoms with E-state index in [9.17, 15) is 0 Å². The number of anilines is 2. The molecular weight excluding hydrogens is 252 g/mol. The maximum Gasteiger partial charge on any atom is 0.135 e. The lowest BCUT2D eigenvalue weighted by Gasteiger charge is -2.35. The van der Waals surface area contributed by atoms with E-state index in [1.807, 2.05) is 0 Å². The van der Waals surface area contributed by atoms with E-state index < -0.39 is 0 Å². The van der Waals surface area contributed by atoms with Gasteiger partial charge in [0.1, 0.15) is 18.0 Å². The summed E-state index contributed by atoms with van der Waals surface area (Å²) in [6.45, 7) is 7.45. The van der Waals surface area contributed by atoms with Crippen LogP contribution < -0.4 is 10.6 Å². The average molecular weight is 278 g/mol. The Morgan fingerprint density at radius 2 is 2.00 bits per heavy atom. The molecule has 112 valence electrons. The van der Waals surface area contributed by atoms with Crippen LogP contribution in [0.25, 0.3) is 0 Å². The van der Waals surface area contributed by atoms with Crippen molar-refractivity contribution in [1.29, 1.82) is 0 Å². The predicted octanol–water partition coefficient (Wildman–Crippen LogP) is 3.01. The molecule has 0 atom stereocenters. The summed E-state index contributed by atoms with van der Waals surface area (Å²) in [4.78, 5) is 8.83.